The van der Waals surface area contributed by atoms with Crippen LogP contribution in [-0.4, -0.2) is 13.0 Å². The molecule has 13 heavy (non-hydrogen) atoms. The molecule has 0 radical (unpaired) electrons. The molecule has 66 valence electrons. The van der Waals surface area contributed by atoms with Crippen LogP contribution in [0.1, 0.15) is 15.9 Å². The van der Waals surface area contributed by atoms with Crippen LogP contribution in [-0.2, 0) is 32.7 Å². The van der Waals surface area contributed by atoms with Gasteiger partial charge in [-0.05, 0) is 0 Å². The van der Waals surface area contributed by atoms with Gasteiger partial charge in [0.2, 0.25) is 5.91 Å². The minimum Gasteiger partial charge on any atom is -0.358 e. The summed E-state index contributed by atoms with van der Waals surface area (Å²) in [5.74, 6) is -0.0648. The summed E-state index contributed by atoms with van der Waals surface area (Å²) in [6, 6.07) is 7.12. The van der Waals surface area contributed by atoms with Crippen molar-refractivity contribution in [3.8, 4) is 0 Å². The molecule has 0 saturated carbocycles. The van der Waals surface area contributed by atoms with E-state index in [9.17, 15) is 4.79 Å². The molecule has 1 aromatic rings. The van der Waals surface area contributed by atoms with Crippen LogP contribution in [0, 0.1) is 14.4 Å². The van der Waals surface area contributed by atoms with Crippen molar-refractivity contribution >= 4 is 5.91 Å². The van der Waals surface area contributed by atoms with Crippen molar-refractivity contribution in [2.75, 3.05) is 7.05 Å². The van der Waals surface area contributed by atoms with E-state index >= 15 is 0 Å². The third-order valence-corrected chi connectivity index (χ3v) is 1.44. The summed E-state index contributed by atoms with van der Waals surface area (Å²) >= 11 is 0. The van der Waals surface area contributed by atoms with Gasteiger partial charge in [-0.1, -0.05) is 0 Å². The molecule has 3 heteroatoms. The maximum atomic E-state index is 11.0. The third kappa shape index (κ3) is 4.44. The van der Waals surface area contributed by atoms with Crippen LogP contribution in [0.4, 0.5) is 0 Å². The second kappa shape index (κ2) is 7.10. The maximum absolute atomic E-state index is 11.0. The van der Waals surface area contributed by atoms with E-state index in [1.807, 2.05) is 12.1 Å². The third-order valence-electron chi connectivity index (χ3n) is 1.44. The molecule has 0 unspecified atom stereocenters. The largest absolute Gasteiger partial charge is 3.00 e. The molecule has 0 bridgehead atoms. The zero-order chi connectivity index (χ0) is 8.27. The number of carbonyl (C=O) groups is 1. The van der Waals surface area contributed by atoms with Gasteiger partial charge in [-0.25, -0.2) is 0 Å². The first-order valence-electron chi connectivity index (χ1n) is 3.38. The average molecular weight is 252 g/mol. The summed E-state index contributed by atoms with van der Waals surface area (Å²) < 4.78 is 0. The molecule has 2 nitrogen and oxygen atoms in total. The molecule has 1 rings (SSSR count). The van der Waals surface area contributed by atoms with Crippen LogP contribution < -0.4 is 5.32 Å². The Morgan fingerprint density at radius 2 is 1.77 bits per heavy atom. The summed E-state index contributed by atoms with van der Waals surface area (Å²) in [6.07, 6.45) is 0. The van der Waals surface area contributed by atoms with Crippen LogP contribution in [0.5, 0.6) is 0 Å². The van der Waals surface area contributed by atoms with E-state index in [2.05, 4.69) is 12.2 Å². The van der Waals surface area contributed by atoms with Crippen LogP contribution in [0.25, 0.3) is 0 Å². The molecule has 0 saturated heterocycles. The number of amides is 1. The Morgan fingerprint density at radius 3 is 2.15 bits per heavy atom. The van der Waals surface area contributed by atoms with Crippen molar-refractivity contribution in [1.29, 1.82) is 0 Å². The maximum Gasteiger partial charge on any atom is 3.00 e. The summed E-state index contributed by atoms with van der Waals surface area (Å²) in [5.41, 5.74) is 1.58. The van der Waals surface area contributed by atoms with Gasteiger partial charge >= 0.3 is 32.7 Å². The Kier molecular flexibility index (Phi) is 8.28. The number of hydrogen-bond donors (Lipinski definition) is 1. The fourth-order valence-electron chi connectivity index (χ4n) is 0.800. The molecular formula is C10H13NOY+. The van der Waals surface area contributed by atoms with Gasteiger partial charge < -0.3 is 12.7 Å². The normalized spacial score (nSPS) is 7.77. The predicted molar refractivity (Wildman–Crippen MR) is 50.7 cm³/mol. The fraction of sp³-hybridized carbons (Fsp3) is 0.100. The SMILES string of the molecule is [CH2-]c1ccc(C(=O)NC)cc1.[CH3-].[Y+3]. The van der Waals surface area contributed by atoms with Gasteiger partial charge in [0.1, 0.15) is 0 Å². The molecular weight excluding hydrogens is 239 g/mol. The summed E-state index contributed by atoms with van der Waals surface area (Å²) in [6.45, 7) is 3.72. The number of nitrogens with one attached hydrogen (secondary N) is 1. The summed E-state index contributed by atoms with van der Waals surface area (Å²) in [7, 11) is 1.61. The van der Waals surface area contributed by atoms with Gasteiger partial charge in [0.25, 0.3) is 0 Å². The molecule has 0 heterocycles. The number of carbonyl (C=O) groups excluding carboxylic acids is 1. The molecule has 0 fully saturated rings. The van der Waals surface area contributed by atoms with Crippen molar-refractivity contribution in [3.05, 3.63) is 49.7 Å². The Labute approximate surface area is 105 Å². The topological polar surface area (TPSA) is 29.1 Å². The minimum absolute atomic E-state index is 0. The van der Waals surface area contributed by atoms with Gasteiger partial charge in [0.15, 0.2) is 0 Å². The molecule has 1 aromatic carbocycles. The van der Waals surface area contributed by atoms with Crippen molar-refractivity contribution in [3.63, 3.8) is 0 Å². The Bertz CT molecular complexity index is 256. The molecule has 0 aliphatic heterocycles. The first-order chi connectivity index (χ1) is 5.24. The Morgan fingerprint density at radius 1 is 1.31 bits per heavy atom. The molecule has 0 spiro atoms. The molecule has 0 aromatic heterocycles. The quantitative estimate of drug-likeness (QED) is 0.757. The zero-order valence-corrected chi connectivity index (χ0v) is 10.8. The Hall–Kier alpha value is -0.336. The van der Waals surface area contributed by atoms with E-state index in [1.54, 1.807) is 19.2 Å². The smallest absolute Gasteiger partial charge is 0.358 e. The van der Waals surface area contributed by atoms with E-state index in [-0.39, 0.29) is 46.0 Å². The second-order valence-corrected chi connectivity index (χ2v) is 2.28. The molecule has 1 N–H and O–H groups in total. The van der Waals surface area contributed by atoms with Gasteiger partial charge in [-0.3, -0.25) is 4.79 Å². The number of hydrogen-bond acceptors (Lipinski definition) is 1. The molecule has 0 atom stereocenters. The minimum atomic E-state index is -0.0648. The van der Waals surface area contributed by atoms with Gasteiger partial charge in [0, 0.05) is 12.6 Å². The van der Waals surface area contributed by atoms with Crippen molar-refractivity contribution < 1.29 is 37.5 Å². The van der Waals surface area contributed by atoms with E-state index in [1.165, 1.54) is 0 Å². The van der Waals surface area contributed by atoms with Crippen molar-refractivity contribution in [2.45, 2.75) is 0 Å². The van der Waals surface area contributed by atoms with Gasteiger partial charge in [-0.15, -0.1) is 12.1 Å². The van der Waals surface area contributed by atoms with Crippen LogP contribution in [0.2, 0.25) is 0 Å². The fourth-order valence-corrected chi connectivity index (χ4v) is 0.800. The van der Waals surface area contributed by atoms with Crippen molar-refractivity contribution in [1.82, 2.24) is 5.32 Å². The molecule has 0 aliphatic rings. The predicted octanol–water partition coefficient (Wildman–Crippen LogP) is 1.68. The van der Waals surface area contributed by atoms with Crippen LogP contribution in [0.3, 0.4) is 0 Å². The monoisotopic (exact) mass is 252 g/mol. The van der Waals surface area contributed by atoms with Gasteiger partial charge in [0.05, 0.1) is 0 Å². The van der Waals surface area contributed by atoms with E-state index in [0.29, 0.717) is 5.56 Å². The molecule has 0 aliphatic carbocycles. The number of benzene rings is 1. The van der Waals surface area contributed by atoms with Crippen LogP contribution >= 0.6 is 0 Å². The second-order valence-electron chi connectivity index (χ2n) is 2.28. The van der Waals surface area contributed by atoms with Gasteiger partial charge in [-0.2, -0.15) is 24.6 Å². The van der Waals surface area contributed by atoms with E-state index in [0.717, 1.165) is 5.56 Å². The zero-order valence-electron chi connectivity index (χ0n) is 8.00. The summed E-state index contributed by atoms with van der Waals surface area (Å²) in [5, 5.41) is 2.54. The van der Waals surface area contributed by atoms with Crippen molar-refractivity contribution in [2.24, 2.45) is 0 Å². The summed E-state index contributed by atoms with van der Waals surface area (Å²) in [4.78, 5) is 11.0. The molecule has 1 amide bonds. The van der Waals surface area contributed by atoms with Crippen LogP contribution in [0.15, 0.2) is 24.3 Å². The number of rotatable bonds is 1. The standard InChI is InChI=1S/C9H10NO.CH3.Y/c1-7-3-5-8(6-4-7)9(11)10-2;;/h3-6H,1H2,2H3,(H,10,11);1H3;/q2*-1;+3. The van der Waals surface area contributed by atoms with E-state index in [4.69, 9.17) is 0 Å². The van der Waals surface area contributed by atoms with E-state index < -0.39 is 0 Å². The average Bonchev–Trinajstić information content (AvgIpc) is 2.05. The first kappa shape index (κ1) is 15.2. The first-order valence-corrected chi connectivity index (χ1v) is 3.38. The Balaban J connectivity index is 0.